The maximum absolute atomic E-state index is 14.0. The summed E-state index contributed by atoms with van der Waals surface area (Å²) >= 11 is 3.85. The van der Waals surface area contributed by atoms with Crippen LogP contribution in [0.3, 0.4) is 0 Å². The summed E-state index contributed by atoms with van der Waals surface area (Å²) in [6, 6.07) is 7.06. The molecule has 11 heteroatoms. The summed E-state index contributed by atoms with van der Waals surface area (Å²) in [5.74, 6) is -0.625. The monoisotopic (exact) mass is 445 g/mol. The first kappa shape index (κ1) is 21.3. The van der Waals surface area contributed by atoms with Crippen molar-refractivity contribution in [2.24, 2.45) is 0 Å². The fraction of sp³-hybridized carbons (Fsp3) is 0.167. The molecule has 3 aromatic rings. The van der Waals surface area contributed by atoms with Gasteiger partial charge in [0.25, 0.3) is 5.56 Å². The number of pyridine rings is 1. The highest BCUT2D eigenvalue weighted by Crippen LogP contribution is 2.30. The normalized spacial score (nSPS) is 12.8. The Morgan fingerprint density at radius 1 is 1.17 bits per heavy atom. The molecule has 0 saturated heterocycles. The molecular formula is C18H12ClF4N3O2S. The van der Waals surface area contributed by atoms with Crippen molar-refractivity contribution in [2.75, 3.05) is 6.26 Å². The van der Waals surface area contributed by atoms with Crippen LogP contribution in [0.15, 0.2) is 52.5 Å². The van der Waals surface area contributed by atoms with E-state index in [1.54, 1.807) is 0 Å². The average molecular weight is 446 g/mol. The Balaban J connectivity index is 2.07. The molecule has 3 rings (SSSR count). The molecule has 0 aliphatic rings. The summed E-state index contributed by atoms with van der Waals surface area (Å²) in [6.45, 7) is -0.167. The molecule has 0 spiro atoms. The van der Waals surface area contributed by atoms with Gasteiger partial charge >= 0.3 is 11.3 Å². The minimum Gasteiger partial charge on any atom is -0.609 e. The van der Waals surface area contributed by atoms with Gasteiger partial charge < -0.3 is 9.12 Å². The SMILES string of the molecule is C[S+]([O-])c1nc(-c2ccc(=O)n(Cc3ccc(Cl)cc3F)c2)cc(C(F)(F)F)n1. The summed E-state index contributed by atoms with van der Waals surface area (Å²) in [5, 5.41) is -0.301. The Labute approximate surface area is 170 Å². The quantitative estimate of drug-likeness (QED) is 0.347. The molecule has 2 heterocycles. The van der Waals surface area contributed by atoms with Crippen LogP contribution < -0.4 is 5.56 Å². The molecular weight excluding hydrogens is 434 g/mol. The Kier molecular flexibility index (Phi) is 5.97. The lowest BCUT2D eigenvalue weighted by Gasteiger charge is -2.12. The zero-order valence-corrected chi connectivity index (χ0v) is 16.3. The van der Waals surface area contributed by atoms with Crippen molar-refractivity contribution in [3.05, 3.63) is 75.0 Å². The van der Waals surface area contributed by atoms with Gasteiger partial charge in [0.2, 0.25) is 0 Å². The first-order valence-corrected chi connectivity index (χ1v) is 9.92. The molecule has 5 nitrogen and oxygen atoms in total. The van der Waals surface area contributed by atoms with E-state index in [1.807, 2.05) is 0 Å². The number of rotatable bonds is 4. The van der Waals surface area contributed by atoms with Gasteiger partial charge in [-0.3, -0.25) is 4.79 Å². The first-order valence-electron chi connectivity index (χ1n) is 7.99. The molecule has 0 N–H and O–H groups in total. The van der Waals surface area contributed by atoms with Gasteiger partial charge in [-0.1, -0.05) is 17.7 Å². The molecule has 0 amide bonds. The van der Waals surface area contributed by atoms with Crippen LogP contribution in [-0.4, -0.2) is 25.3 Å². The molecule has 0 saturated carbocycles. The van der Waals surface area contributed by atoms with Crippen molar-refractivity contribution in [3.8, 4) is 11.3 Å². The summed E-state index contributed by atoms with van der Waals surface area (Å²) in [7, 11) is 0. The third-order valence-corrected chi connectivity index (χ3v) is 4.82. The molecule has 1 aromatic carbocycles. The van der Waals surface area contributed by atoms with Crippen LogP contribution in [0.2, 0.25) is 5.02 Å². The summed E-state index contributed by atoms with van der Waals surface area (Å²) < 4.78 is 66.2. The van der Waals surface area contributed by atoms with Gasteiger partial charge in [0.05, 0.1) is 12.2 Å². The van der Waals surface area contributed by atoms with Crippen molar-refractivity contribution in [3.63, 3.8) is 0 Å². The molecule has 152 valence electrons. The molecule has 0 bridgehead atoms. The number of halogens is 5. The number of hydrogen-bond donors (Lipinski definition) is 0. The zero-order chi connectivity index (χ0) is 21.3. The van der Waals surface area contributed by atoms with Crippen LogP contribution in [0.5, 0.6) is 0 Å². The second-order valence-corrected chi connectivity index (χ2v) is 7.70. The number of alkyl halides is 3. The second kappa shape index (κ2) is 8.13. The Hall–Kier alpha value is -2.43. The van der Waals surface area contributed by atoms with E-state index in [1.165, 1.54) is 24.4 Å². The summed E-state index contributed by atoms with van der Waals surface area (Å²) in [4.78, 5) is 19.3. The van der Waals surface area contributed by atoms with E-state index in [0.29, 0.717) is 6.07 Å². The number of hydrogen-bond acceptors (Lipinski definition) is 4. The topological polar surface area (TPSA) is 70.8 Å². The van der Waals surface area contributed by atoms with Crippen LogP contribution in [0.4, 0.5) is 17.6 Å². The lowest BCUT2D eigenvalue weighted by atomic mass is 10.1. The number of benzene rings is 1. The predicted octanol–water partition coefficient (Wildman–Crippen LogP) is 3.90. The second-order valence-electron chi connectivity index (χ2n) is 5.99. The van der Waals surface area contributed by atoms with E-state index in [2.05, 4.69) is 9.97 Å². The van der Waals surface area contributed by atoms with E-state index in [9.17, 15) is 26.9 Å². The maximum Gasteiger partial charge on any atom is 0.433 e. The van der Waals surface area contributed by atoms with Crippen LogP contribution in [0.25, 0.3) is 11.3 Å². The van der Waals surface area contributed by atoms with E-state index in [4.69, 9.17) is 11.6 Å². The Morgan fingerprint density at radius 3 is 2.52 bits per heavy atom. The maximum atomic E-state index is 14.0. The number of nitrogens with zero attached hydrogens (tertiary/aromatic N) is 3. The molecule has 2 aromatic heterocycles. The fourth-order valence-corrected chi connectivity index (χ4v) is 3.10. The smallest absolute Gasteiger partial charge is 0.433 e. The molecule has 0 aliphatic carbocycles. The summed E-state index contributed by atoms with van der Waals surface area (Å²) in [6.07, 6.45) is -2.36. The minimum absolute atomic E-state index is 0.151. The van der Waals surface area contributed by atoms with Gasteiger partial charge in [0.1, 0.15) is 12.1 Å². The Morgan fingerprint density at radius 2 is 1.90 bits per heavy atom. The molecule has 0 fully saturated rings. The van der Waals surface area contributed by atoms with E-state index in [-0.39, 0.29) is 28.4 Å². The highest BCUT2D eigenvalue weighted by Gasteiger charge is 2.35. The van der Waals surface area contributed by atoms with Crippen molar-refractivity contribution in [2.45, 2.75) is 17.9 Å². The highest BCUT2D eigenvalue weighted by molar-refractivity contribution is 7.90. The van der Waals surface area contributed by atoms with E-state index in [0.717, 1.165) is 23.0 Å². The van der Waals surface area contributed by atoms with Gasteiger partial charge in [-0.15, -0.1) is 0 Å². The number of aromatic nitrogens is 3. The molecule has 0 radical (unpaired) electrons. The van der Waals surface area contributed by atoms with E-state index >= 15 is 0 Å². The molecule has 1 atom stereocenters. The largest absolute Gasteiger partial charge is 0.609 e. The minimum atomic E-state index is -4.77. The standard InChI is InChI=1S/C18H12ClF4N3O2S/c1-29(28)17-24-14(7-15(25-17)18(21,22)23)11-3-5-16(27)26(9-11)8-10-2-4-12(19)6-13(10)20/h2-7,9H,8H2,1H3. The van der Waals surface area contributed by atoms with Crippen molar-refractivity contribution in [1.29, 1.82) is 0 Å². The van der Waals surface area contributed by atoms with Crippen molar-refractivity contribution < 1.29 is 22.1 Å². The van der Waals surface area contributed by atoms with Crippen LogP contribution in [-0.2, 0) is 23.9 Å². The van der Waals surface area contributed by atoms with Gasteiger partial charge in [-0.2, -0.15) is 23.1 Å². The average Bonchev–Trinajstić information content (AvgIpc) is 2.64. The summed E-state index contributed by atoms with van der Waals surface area (Å²) in [5.41, 5.74) is -1.59. The molecule has 1 unspecified atom stereocenters. The van der Waals surface area contributed by atoms with E-state index < -0.39 is 39.6 Å². The lowest BCUT2D eigenvalue weighted by molar-refractivity contribution is -0.141. The van der Waals surface area contributed by atoms with Crippen molar-refractivity contribution in [1.82, 2.24) is 14.5 Å². The predicted molar refractivity (Wildman–Crippen MR) is 99.6 cm³/mol. The first-order chi connectivity index (χ1) is 13.5. The van der Waals surface area contributed by atoms with Gasteiger partial charge in [-0.25, -0.2) is 4.39 Å². The van der Waals surface area contributed by atoms with Crippen molar-refractivity contribution >= 4 is 22.8 Å². The third kappa shape index (κ3) is 4.95. The van der Waals surface area contributed by atoms with Crippen LogP contribution >= 0.6 is 11.6 Å². The Bertz CT molecular complexity index is 1120. The van der Waals surface area contributed by atoms with Crippen LogP contribution in [0.1, 0.15) is 11.3 Å². The highest BCUT2D eigenvalue weighted by atomic mass is 35.5. The zero-order valence-electron chi connectivity index (χ0n) is 14.7. The third-order valence-electron chi connectivity index (χ3n) is 3.89. The fourth-order valence-electron chi connectivity index (χ4n) is 2.49. The van der Waals surface area contributed by atoms with Crippen LogP contribution in [0, 0.1) is 5.82 Å². The lowest BCUT2D eigenvalue weighted by Crippen LogP contribution is -2.20. The van der Waals surface area contributed by atoms with Gasteiger partial charge in [0.15, 0.2) is 5.69 Å². The molecule has 0 aliphatic heterocycles. The van der Waals surface area contributed by atoms with Gasteiger partial charge in [-0.05, 0) is 24.3 Å². The molecule has 29 heavy (non-hydrogen) atoms. The van der Waals surface area contributed by atoms with Gasteiger partial charge in [0, 0.05) is 39.6 Å².